The number of hydrogen-bond donors (Lipinski definition) is 1. The molecule has 1 N–H and O–H groups in total. The van der Waals surface area contributed by atoms with Crippen LogP contribution in [0.5, 0.6) is 0 Å². The average Bonchev–Trinajstić information content (AvgIpc) is 1.99. The van der Waals surface area contributed by atoms with Crippen LogP contribution in [0.1, 0.15) is 5.56 Å². The van der Waals surface area contributed by atoms with E-state index < -0.39 is 18.7 Å². The maximum Gasteiger partial charge on any atom is 0.414 e. The highest BCUT2D eigenvalue weighted by Gasteiger charge is 2.37. The molecule has 0 aliphatic carbocycles. The molecule has 1 unspecified atom stereocenters. The Balaban J connectivity index is 2.81. The van der Waals surface area contributed by atoms with E-state index in [1.807, 2.05) is 0 Å². The van der Waals surface area contributed by atoms with Crippen molar-refractivity contribution < 1.29 is 18.3 Å². The smallest absolute Gasteiger partial charge is 0.383 e. The van der Waals surface area contributed by atoms with E-state index in [0.717, 1.165) is 0 Å². The van der Waals surface area contributed by atoms with Gasteiger partial charge in [-0.2, -0.15) is 13.2 Å². The van der Waals surface area contributed by atoms with Crippen LogP contribution in [0, 0.1) is 0 Å². The zero-order valence-electron chi connectivity index (χ0n) is 7.35. The van der Waals surface area contributed by atoms with Gasteiger partial charge in [0.05, 0.1) is 0 Å². The lowest BCUT2D eigenvalue weighted by Gasteiger charge is -2.14. The van der Waals surface area contributed by atoms with Gasteiger partial charge >= 0.3 is 6.18 Å². The molecule has 0 radical (unpaired) electrons. The van der Waals surface area contributed by atoms with Crippen LogP contribution >= 0.6 is 23.2 Å². The number of alkyl halides is 3. The summed E-state index contributed by atoms with van der Waals surface area (Å²) in [7, 11) is 0. The Morgan fingerprint density at radius 3 is 2.00 bits per heavy atom. The minimum atomic E-state index is -4.63. The van der Waals surface area contributed by atoms with Crippen molar-refractivity contribution in [1.82, 2.24) is 0 Å². The molecule has 0 spiro atoms. The zero-order chi connectivity index (χ0) is 11.6. The van der Waals surface area contributed by atoms with Crippen LogP contribution in [-0.2, 0) is 6.42 Å². The first-order valence-corrected chi connectivity index (χ1v) is 4.74. The standard InChI is InChI=1S/C9H7Cl2F3O/c10-6-1-5(2-7(11)4-6)3-8(15)9(12,13)14/h1-2,4,8,15H,3H2. The molecule has 0 heterocycles. The largest absolute Gasteiger partial charge is 0.414 e. The lowest BCUT2D eigenvalue weighted by Crippen LogP contribution is -2.30. The van der Waals surface area contributed by atoms with Crippen LogP contribution in [-0.4, -0.2) is 17.4 Å². The molecule has 84 valence electrons. The van der Waals surface area contributed by atoms with Gasteiger partial charge in [-0.3, -0.25) is 0 Å². The minimum absolute atomic E-state index is 0.242. The van der Waals surface area contributed by atoms with E-state index in [1.54, 1.807) is 0 Å². The predicted octanol–water partition coefficient (Wildman–Crippen LogP) is 3.46. The molecular formula is C9H7Cl2F3O. The molecule has 0 aliphatic heterocycles. The summed E-state index contributed by atoms with van der Waals surface area (Å²) >= 11 is 11.2. The third-order valence-corrected chi connectivity index (χ3v) is 2.17. The third kappa shape index (κ3) is 3.89. The predicted molar refractivity (Wildman–Crippen MR) is 52.2 cm³/mol. The number of hydrogen-bond acceptors (Lipinski definition) is 1. The van der Waals surface area contributed by atoms with Crippen molar-refractivity contribution in [2.24, 2.45) is 0 Å². The molecule has 1 aromatic carbocycles. The molecule has 15 heavy (non-hydrogen) atoms. The summed E-state index contributed by atoms with van der Waals surface area (Å²) in [6.07, 6.45) is -7.58. The molecule has 1 aromatic rings. The van der Waals surface area contributed by atoms with E-state index in [9.17, 15) is 13.2 Å². The lowest BCUT2D eigenvalue weighted by atomic mass is 10.1. The van der Waals surface area contributed by atoms with Gasteiger partial charge in [-0.25, -0.2) is 0 Å². The number of benzene rings is 1. The molecule has 0 amide bonds. The number of aliphatic hydroxyl groups excluding tert-OH is 1. The van der Waals surface area contributed by atoms with E-state index in [2.05, 4.69) is 0 Å². The van der Waals surface area contributed by atoms with Crippen molar-refractivity contribution >= 4 is 23.2 Å². The summed E-state index contributed by atoms with van der Waals surface area (Å²) in [4.78, 5) is 0. The summed E-state index contributed by atoms with van der Waals surface area (Å²) in [6.45, 7) is 0. The third-order valence-electron chi connectivity index (χ3n) is 1.73. The van der Waals surface area contributed by atoms with Crippen LogP contribution in [0.3, 0.4) is 0 Å². The Kier molecular flexibility index (Phi) is 3.87. The van der Waals surface area contributed by atoms with Gasteiger partial charge in [0.25, 0.3) is 0 Å². The average molecular weight is 259 g/mol. The van der Waals surface area contributed by atoms with Gasteiger partial charge in [-0.15, -0.1) is 0 Å². The van der Waals surface area contributed by atoms with E-state index in [1.165, 1.54) is 18.2 Å². The number of aliphatic hydroxyl groups is 1. The molecule has 6 heteroatoms. The van der Waals surface area contributed by atoms with Crippen LogP contribution in [0.15, 0.2) is 18.2 Å². The van der Waals surface area contributed by atoms with Crippen LogP contribution in [0.4, 0.5) is 13.2 Å². The summed E-state index contributed by atoms with van der Waals surface area (Å²) in [5.41, 5.74) is 0.248. The number of rotatable bonds is 2. The second kappa shape index (κ2) is 4.60. The summed E-state index contributed by atoms with van der Waals surface area (Å²) < 4.78 is 36.1. The normalized spacial score (nSPS) is 14.0. The fraction of sp³-hybridized carbons (Fsp3) is 0.333. The highest BCUT2D eigenvalue weighted by Crippen LogP contribution is 2.25. The first-order chi connectivity index (χ1) is 6.79. The van der Waals surface area contributed by atoms with Gasteiger partial charge in [-0.05, 0) is 23.8 Å². The van der Waals surface area contributed by atoms with E-state index in [0.29, 0.717) is 0 Å². The maximum absolute atomic E-state index is 12.0. The van der Waals surface area contributed by atoms with Crippen LogP contribution in [0.25, 0.3) is 0 Å². The summed E-state index contributed by atoms with van der Waals surface area (Å²) in [6, 6.07) is 4.08. The Hall–Kier alpha value is -0.450. The molecule has 0 fully saturated rings. The van der Waals surface area contributed by atoms with E-state index in [4.69, 9.17) is 28.3 Å². The first-order valence-electron chi connectivity index (χ1n) is 3.99. The van der Waals surface area contributed by atoms with Gasteiger partial charge in [0.1, 0.15) is 0 Å². The molecule has 1 rings (SSSR count). The van der Waals surface area contributed by atoms with Crippen molar-refractivity contribution in [2.75, 3.05) is 0 Å². The maximum atomic E-state index is 12.0. The van der Waals surface area contributed by atoms with Crippen LogP contribution in [0.2, 0.25) is 10.0 Å². The molecule has 0 bridgehead atoms. The van der Waals surface area contributed by atoms with E-state index >= 15 is 0 Å². The molecular weight excluding hydrogens is 252 g/mol. The van der Waals surface area contributed by atoms with E-state index in [-0.39, 0.29) is 15.6 Å². The Labute approximate surface area is 94.4 Å². The molecule has 0 aromatic heterocycles. The van der Waals surface area contributed by atoms with Crippen molar-refractivity contribution in [3.05, 3.63) is 33.8 Å². The Morgan fingerprint density at radius 2 is 1.60 bits per heavy atom. The molecule has 1 nitrogen and oxygen atoms in total. The Bertz CT molecular complexity index is 331. The van der Waals surface area contributed by atoms with Crippen molar-refractivity contribution in [1.29, 1.82) is 0 Å². The van der Waals surface area contributed by atoms with Crippen molar-refractivity contribution in [3.8, 4) is 0 Å². The second-order valence-electron chi connectivity index (χ2n) is 3.04. The highest BCUT2D eigenvalue weighted by molar-refractivity contribution is 6.34. The topological polar surface area (TPSA) is 20.2 Å². The fourth-order valence-electron chi connectivity index (χ4n) is 1.07. The Morgan fingerprint density at radius 1 is 1.13 bits per heavy atom. The zero-order valence-corrected chi connectivity index (χ0v) is 8.87. The van der Waals surface area contributed by atoms with Gasteiger partial charge in [0.15, 0.2) is 6.10 Å². The molecule has 0 aliphatic rings. The highest BCUT2D eigenvalue weighted by atomic mass is 35.5. The second-order valence-corrected chi connectivity index (χ2v) is 3.91. The first kappa shape index (κ1) is 12.6. The summed E-state index contributed by atoms with van der Waals surface area (Å²) in [5.74, 6) is 0. The van der Waals surface area contributed by atoms with Crippen LogP contribution < -0.4 is 0 Å². The quantitative estimate of drug-likeness (QED) is 0.862. The molecule has 0 saturated carbocycles. The van der Waals surface area contributed by atoms with Crippen molar-refractivity contribution in [3.63, 3.8) is 0 Å². The van der Waals surface area contributed by atoms with Gasteiger partial charge in [-0.1, -0.05) is 23.2 Å². The van der Waals surface area contributed by atoms with Gasteiger partial charge in [0.2, 0.25) is 0 Å². The monoisotopic (exact) mass is 258 g/mol. The lowest BCUT2D eigenvalue weighted by molar-refractivity contribution is -0.203. The molecule has 0 saturated heterocycles. The fourth-order valence-corrected chi connectivity index (χ4v) is 1.64. The molecule has 1 atom stereocenters. The van der Waals surface area contributed by atoms with Gasteiger partial charge in [0, 0.05) is 16.5 Å². The minimum Gasteiger partial charge on any atom is -0.383 e. The van der Waals surface area contributed by atoms with Crippen molar-refractivity contribution in [2.45, 2.75) is 18.7 Å². The summed E-state index contributed by atoms with van der Waals surface area (Å²) in [5, 5.41) is 9.29. The number of halogens is 5. The SMILES string of the molecule is OC(Cc1cc(Cl)cc(Cl)c1)C(F)(F)F. The van der Waals surface area contributed by atoms with Gasteiger partial charge < -0.3 is 5.11 Å².